The summed E-state index contributed by atoms with van der Waals surface area (Å²) in [7, 11) is 3.31. The molecule has 0 atom stereocenters. The number of nitro benzene ring substituents is 1. The standard InChI is InChI=1S/C15H16N2O3/c1-16-14-10-12(5-8-15(14)17(18)19)9-11-3-6-13(20-2)7-4-11/h3-8,10,16H,9H2,1-2H3. The Kier molecular flexibility index (Phi) is 4.20. The van der Waals surface area contributed by atoms with E-state index >= 15 is 0 Å². The molecule has 0 saturated carbocycles. The normalized spacial score (nSPS) is 10.1. The van der Waals surface area contributed by atoms with E-state index in [9.17, 15) is 10.1 Å². The SMILES string of the molecule is CNc1cc(Cc2ccc(OC)cc2)ccc1[N+](=O)[O-]. The van der Waals surface area contributed by atoms with E-state index in [0.29, 0.717) is 5.69 Å². The molecule has 0 aliphatic heterocycles. The summed E-state index contributed by atoms with van der Waals surface area (Å²) in [5.74, 6) is 0.813. The zero-order valence-electron chi connectivity index (χ0n) is 11.4. The first-order valence-corrected chi connectivity index (χ1v) is 6.22. The first-order chi connectivity index (χ1) is 9.63. The van der Waals surface area contributed by atoms with Gasteiger partial charge in [-0.2, -0.15) is 0 Å². The molecular formula is C15H16N2O3. The van der Waals surface area contributed by atoms with E-state index in [0.717, 1.165) is 23.3 Å². The third-order valence-corrected chi connectivity index (χ3v) is 3.09. The summed E-state index contributed by atoms with van der Waals surface area (Å²) >= 11 is 0. The van der Waals surface area contributed by atoms with E-state index in [2.05, 4.69) is 5.32 Å². The average Bonchev–Trinajstić information content (AvgIpc) is 2.47. The molecule has 0 saturated heterocycles. The molecule has 104 valence electrons. The minimum atomic E-state index is -0.386. The minimum Gasteiger partial charge on any atom is -0.497 e. The zero-order chi connectivity index (χ0) is 14.5. The highest BCUT2D eigenvalue weighted by Gasteiger charge is 2.12. The summed E-state index contributed by atoms with van der Waals surface area (Å²) in [5, 5.41) is 13.7. The molecule has 0 aliphatic carbocycles. The van der Waals surface area contributed by atoms with E-state index < -0.39 is 0 Å². The number of rotatable bonds is 5. The molecule has 0 unspecified atom stereocenters. The largest absolute Gasteiger partial charge is 0.497 e. The van der Waals surface area contributed by atoms with Gasteiger partial charge in [0.2, 0.25) is 0 Å². The molecule has 0 aromatic heterocycles. The maximum atomic E-state index is 10.9. The molecule has 1 N–H and O–H groups in total. The number of benzene rings is 2. The lowest BCUT2D eigenvalue weighted by atomic mass is 10.0. The molecule has 5 nitrogen and oxygen atoms in total. The fourth-order valence-corrected chi connectivity index (χ4v) is 2.03. The number of methoxy groups -OCH3 is 1. The number of nitrogens with one attached hydrogen (secondary N) is 1. The molecule has 0 aliphatic rings. The van der Waals surface area contributed by atoms with Gasteiger partial charge in [0.05, 0.1) is 12.0 Å². The summed E-state index contributed by atoms with van der Waals surface area (Å²) in [5.41, 5.74) is 2.76. The quantitative estimate of drug-likeness (QED) is 0.670. The summed E-state index contributed by atoms with van der Waals surface area (Å²) in [6.45, 7) is 0. The Bertz CT molecular complexity index is 609. The van der Waals surface area contributed by atoms with E-state index in [1.807, 2.05) is 30.3 Å². The van der Waals surface area contributed by atoms with Crippen molar-refractivity contribution in [3.63, 3.8) is 0 Å². The number of hydrogen-bond acceptors (Lipinski definition) is 4. The third-order valence-electron chi connectivity index (χ3n) is 3.09. The molecule has 2 rings (SSSR count). The minimum absolute atomic E-state index is 0.0889. The second-order valence-electron chi connectivity index (χ2n) is 4.38. The maximum Gasteiger partial charge on any atom is 0.292 e. The number of ether oxygens (including phenoxy) is 1. The van der Waals surface area contributed by atoms with Crippen LogP contribution in [0.2, 0.25) is 0 Å². The van der Waals surface area contributed by atoms with Gasteiger partial charge in [-0.15, -0.1) is 0 Å². The lowest BCUT2D eigenvalue weighted by Gasteiger charge is -2.07. The summed E-state index contributed by atoms with van der Waals surface area (Å²) in [4.78, 5) is 10.5. The van der Waals surface area contributed by atoms with Crippen molar-refractivity contribution in [3.8, 4) is 5.75 Å². The number of nitrogens with zero attached hydrogens (tertiary/aromatic N) is 1. The first kappa shape index (κ1) is 13.9. The average molecular weight is 272 g/mol. The van der Waals surface area contributed by atoms with Crippen molar-refractivity contribution >= 4 is 11.4 Å². The van der Waals surface area contributed by atoms with Gasteiger partial charge in [-0.1, -0.05) is 18.2 Å². The Morgan fingerprint density at radius 1 is 1.15 bits per heavy atom. The van der Waals surface area contributed by atoms with Gasteiger partial charge < -0.3 is 10.1 Å². The van der Waals surface area contributed by atoms with Gasteiger partial charge in [0.25, 0.3) is 5.69 Å². The Morgan fingerprint density at radius 2 is 1.80 bits per heavy atom. The van der Waals surface area contributed by atoms with Crippen LogP contribution >= 0.6 is 0 Å². The Hall–Kier alpha value is -2.56. The molecule has 0 fully saturated rings. The Labute approximate surface area is 117 Å². The lowest BCUT2D eigenvalue weighted by molar-refractivity contribution is -0.383. The van der Waals surface area contributed by atoms with Gasteiger partial charge in [0.1, 0.15) is 11.4 Å². The van der Waals surface area contributed by atoms with Gasteiger partial charge in [-0.25, -0.2) is 0 Å². The van der Waals surface area contributed by atoms with Gasteiger partial charge in [-0.05, 0) is 35.7 Å². The van der Waals surface area contributed by atoms with Gasteiger partial charge in [0.15, 0.2) is 0 Å². The predicted molar refractivity (Wildman–Crippen MR) is 78.4 cm³/mol. The first-order valence-electron chi connectivity index (χ1n) is 6.22. The molecule has 0 spiro atoms. The van der Waals surface area contributed by atoms with Crippen molar-refractivity contribution in [1.29, 1.82) is 0 Å². The zero-order valence-corrected chi connectivity index (χ0v) is 11.4. The molecule has 2 aromatic carbocycles. The van der Waals surface area contributed by atoms with E-state index in [-0.39, 0.29) is 10.6 Å². The van der Waals surface area contributed by atoms with Crippen LogP contribution in [0.15, 0.2) is 42.5 Å². The van der Waals surface area contributed by atoms with E-state index in [1.54, 1.807) is 20.2 Å². The van der Waals surface area contributed by atoms with Gasteiger partial charge in [0, 0.05) is 13.1 Å². The molecule has 0 amide bonds. The van der Waals surface area contributed by atoms with Crippen LogP contribution in [0, 0.1) is 10.1 Å². The van der Waals surface area contributed by atoms with Crippen molar-refractivity contribution in [2.45, 2.75) is 6.42 Å². The van der Waals surface area contributed by atoms with Crippen LogP contribution in [-0.4, -0.2) is 19.1 Å². The topological polar surface area (TPSA) is 64.4 Å². The van der Waals surface area contributed by atoms with Crippen LogP contribution < -0.4 is 10.1 Å². The number of nitro groups is 1. The van der Waals surface area contributed by atoms with Crippen LogP contribution in [0.1, 0.15) is 11.1 Å². The van der Waals surface area contributed by atoms with E-state index in [4.69, 9.17) is 4.74 Å². The summed E-state index contributed by atoms with van der Waals surface area (Å²) in [6, 6.07) is 12.9. The molecular weight excluding hydrogens is 256 g/mol. The Balaban J connectivity index is 2.22. The summed E-state index contributed by atoms with van der Waals surface area (Å²) < 4.78 is 5.11. The van der Waals surface area contributed by atoms with Crippen LogP contribution in [0.5, 0.6) is 5.75 Å². The lowest BCUT2D eigenvalue weighted by Crippen LogP contribution is -1.98. The number of anilines is 1. The number of hydrogen-bond donors (Lipinski definition) is 1. The summed E-state index contributed by atoms with van der Waals surface area (Å²) in [6.07, 6.45) is 0.719. The fraction of sp³-hybridized carbons (Fsp3) is 0.200. The van der Waals surface area contributed by atoms with Crippen molar-refractivity contribution in [2.75, 3.05) is 19.5 Å². The molecule has 5 heteroatoms. The van der Waals surface area contributed by atoms with Crippen molar-refractivity contribution in [3.05, 3.63) is 63.7 Å². The molecule has 0 heterocycles. The van der Waals surface area contributed by atoms with Crippen molar-refractivity contribution < 1.29 is 9.66 Å². The highest BCUT2D eigenvalue weighted by atomic mass is 16.6. The van der Waals surface area contributed by atoms with Gasteiger partial charge >= 0.3 is 0 Å². The van der Waals surface area contributed by atoms with Crippen LogP contribution in [0.3, 0.4) is 0 Å². The van der Waals surface area contributed by atoms with E-state index in [1.165, 1.54) is 6.07 Å². The van der Waals surface area contributed by atoms with Crippen LogP contribution in [0.25, 0.3) is 0 Å². The van der Waals surface area contributed by atoms with Crippen molar-refractivity contribution in [1.82, 2.24) is 0 Å². The monoisotopic (exact) mass is 272 g/mol. The highest BCUT2D eigenvalue weighted by Crippen LogP contribution is 2.26. The second-order valence-corrected chi connectivity index (χ2v) is 4.38. The van der Waals surface area contributed by atoms with Gasteiger partial charge in [-0.3, -0.25) is 10.1 Å². The predicted octanol–water partition coefficient (Wildman–Crippen LogP) is 3.24. The Morgan fingerprint density at radius 3 is 2.35 bits per heavy atom. The molecule has 20 heavy (non-hydrogen) atoms. The molecule has 0 radical (unpaired) electrons. The van der Waals surface area contributed by atoms with Crippen LogP contribution in [0.4, 0.5) is 11.4 Å². The molecule has 2 aromatic rings. The smallest absolute Gasteiger partial charge is 0.292 e. The maximum absolute atomic E-state index is 10.9. The highest BCUT2D eigenvalue weighted by molar-refractivity contribution is 5.62. The second kappa shape index (κ2) is 6.06. The van der Waals surface area contributed by atoms with Crippen molar-refractivity contribution in [2.24, 2.45) is 0 Å². The van der Waals surface area contributed by atoms with Crippen LogP contribution in [-0.2, 0) is 6.42 Å². The molecule has 0 bridgehead atoms. The third kappa shape index (κ3) is 3.06. The fourth-order valence-electron chi connectivity index (χ4n) is 2.03.